The van der Waals surface area contributed by atoms with Crippen molar-refractivity contribution in [2.45, 2.75) is 38.9 Å². The molecule has 1 fully saturated rings. The lowest BCUT2D eigenvalue weighted by atomic mass is 10.2. The molecule has 0 spiro atoms. The van der Waals surface area contributed by atoms with Gasteiger partial charge in [-0.1, -0.05) is 12.1 Å². The van der Waals surface area contributed by atoms with Crippen molar-refractivity contribution in [3.63, 3.8) is 0 Å². The van der Waals surface area contributed by atoms with Gasteiger partial charge in [0, 0.05) is 13.0 Å². The van der Waals surface area contributed by atoms with Gasteiger partial charge in [-0.25, -0.2) is 9.64 Å². The first-order valence-corrected chi connectivity index (χ1v) is 6.99. The quantitative estimate of drug-likeness (QED) is 0.781. The molecular weight excluding hydrogens is 268 g/mol. The molecule has 0 aromatic heterocycles. The van der Waals surface area contributed by atoms with E-state index in [1.807, 2.05) is 26.8 Å². The summed E-state index contributed by atoms with van der Waals surface area (Å²) in [6, 6.07) is 7.07. The Morgan fingerprint density at radius 1 is 1.43 bits per heavy atom. The summed E-state index contributed by atoms with van der Waals surface area (Å²) in [4.78, 5) is 17.0. The van der Waals surface area contributed by atoms with E-state index in [0.29, 0.717) is 24.5 Å². The molecule has 0 radical (unpaired) electrons. The number of hydrogen-bond acceptors (Lipinski definition) is 3. The average molecular weight is 288 g/mol. The molecule has 5 nitrogen and oxygen atoms in total. The topological polar surface area (TPSA) is 43.1 Å². The molecule has 0 N–H and O–H groups in total. The highest BCUT2D eigenvalue weighted by molar-refractivity contribution is 5.68. The zero-order chi connectivity index (χ0) is 15.5. The molecule has 1 saturated heterocycles. The third-order valence-corrected chi connectivity index (χ3v) is 3.05. The normalized spacial score (nSPS) is 18.2. The van der Waals surface area contributed by atoms with Crippen molar-refractivity contribution >= 4 is 11.8 Å². The van der Waals surface area contributed by atoms with Crippen molar-refractivity contribution in [3.8, 4) is 5.75 Å². The van der Waals surface area contributed by atoms with Crippen LogP contribution in [-0.4, -0.2) is 35.8 Å². The summed E-state index contributed by atoms with van der Waals surface area (Å²) in [6.07, 6.45) is 0.406. The SMILES string of the molecule is [C-]#[N+]c1cccc(OC2CCN(C(=O)OC(C)(C)C)C2)c1. The summed E-state index contributed by atoms with van der Waals surface area (Å²) in [5.41, 5.74) is 0.0643. The molecule has 0 bridgehead atoms. The number of rotatable bonds is 2. The number of nitrogens with zero attached hydrogens (tertiary/aromatic N) is 2. The van der Waals surface area contributed by atoms with E-state index in [2.05, 4.69) is 4.85 Å². The minimum absolute atomic E-state index is 0.0569. The van der Waals surface area contributed by atoms with Crippen molar-refractivity contribution in [3.05, 3.63) is 35.7 Å². The van der Waals surface area contributed by atoms with Crippen LogP contribution in [0.1, 0.15) is 27.2 Å². The number of hydrogen-bond donors (Lipinski definition) is 0. The summed E-state index contributed by atoms with van der Waals surface area (Å²) < 4.78 is 11.2. The molecule has 0 aliphatic carbocycles. The molecule has 1 atom stereocenters. The highest BCUT2D eigenvalue weighted by Crippen LogP contribution is 2.24. The first-order chi connectivity index (χ1) is 9.87. The fourth-order valence-electron chi connectivity index (χ4n) is 2.14. The third kappa shape index (κ3) is 4.38. The number of carbonyl (C=O) groups excluding carboxylic acids is 1. The van der Waals surface area contributed by atoms with Gasteiger partial charge < -0.3 is 14.4 Å². The van der Waals surface area contributed by atoms with Gasteiger partial charge in [-0.05, 0) is 32.9 Å². The van der Waals surface area contributed by atoms with E-state index in [9.17, 15) is 4.79 Å². The maximum absolute atomic E-state index is 12.0. The Balaban J connectivity index is 1.91. The summed E-state index contributed by atoms with van der Waals surface area (Å²) in [5.74, 6) is 0.666. The predicted molar refractivity (Wildman–Crippen MR) is 79.5 cm³/mol. The van der Waals surface area contributed by atoms with Crippen LogP contribution in [0.5, 0.6) is 5.75 Å². The van der Waals surface area contributed by atoms with Crippen LogP contribution in [0.4, 0.5) is 10.5 Å². The molecule has 1 heterocycles. The fourth-order valence-corrected chi connectivity index (χ4v) is 2.14. The average Bonchev–Trinajstić information content (AvgIpc) is 2.85. The van der Waals surface area contributed by atoms with E-state index >= 15 is 0 Å². The Hall–Kier alpha value is -2.22. The van der Waals surface area contributed by atoms with E-state index in [0.717, 1.165) is 6.42 Å². The summed E-state index contributed by atoms with van der Waals surface area (Å²) in [7, 11) is 0. The molecule has 112 valence electrons. The van der Waals surface area contributed by atoms with Gasteiger partial charge >= 0.3 is 6.09 Å². The lowest BCUT2D eigenvalue weighted by Gasteiger charge is -2.24. The van der Waals surface area contributed by atoms with Crippen LogP contribution in [0.15, 0.2) is 24.3 Å². The molecule has 2 rings (SSSR count). The molecule has 5 heteroatoms. The van der Waals surface area contributed by atoms with Crippen molar-refractivity contribution < 1.29 is 14.3 Å². The van der Waals surface area contributed by atoms with Crippen LogP contribution in [-0.2, 0) is 4.74 Å². The van der Waals surface area contributed by atoms with E-state index < -0.39 is 5.60 Å². The Bertz CT molecular complexity index is 557. The van der Waals surface area contributed by atoms with Crippen molar-refractivity contribution in [2.75, 3.05) is 13.1 Å². The molecule has 1 aliphatic heterocycles. The van der Waals surface area contributed by atoms with Crippen LogP contribution in [0.25, 0.3) is 4.85 Å². The van der Waals surface area contributed by atoms with Crippen LogP contribution >= 0.6 is 0 Å². The fraction of sp³-hybridized carbons (Fsp3) is 0.500. The van der Waals surface area contributed by atoms with Crippen LogP contribution < -0.4 is 4.74 Å². The number of benzene rings is 1. The Kier molecular flexibility index (Phi) is 4.37. The van der Waals surface area contributed by atoms with Crippen molar-refractivity contribution in [1.29, 1.82) is 0 Å². The van der Waals surface area contributed by atoms with Crippen molar-refractivity contribution in [2.24, 2.45) is 0 Å². The number of amides is 1. The van der Waals surface area contributed by atoms with E-state index in [1.165, 1.54) is 0 Å². The van der Waals surface area contributed by atoms with Gasteiger partial charge in [0.15, 0.2) is 5.69 Å². The van der Waals surface area contributed by atoms with Crippen LogP contribution in [0.2, 0.25) is 0 Å². The Labute approximate surface area is 125 Å². The van der Waals surface area contributed by atoms with Gasteiger partial charge in [-0.3, -0.25) is 0 Å². The van der Waals surface area contributed by atoms with Gasteiger partial charge in [-0.15, -0.1) is 0 Å². The lowest BCUT2D eigenvalue weighted by Crippen LogP contribution is -2.36. The zero-order valence-corrected chi connectivity index (χ0v) is 12.6. The van der Waals surface area contributed by atoms with Crippen molar-refractivity contribution in [1.82, 2.24) is 4.90 Å². The third-order valence-electron chi connectivity index (χ3n) is 3.05. The minimum atomic E-state index is -0.486. The Morgan fingerprint density at radius 3 is 2.86 bits per heavy atom. The molecule has 1 aromatic carbocycles. The zero-order valence-electron chi connectivity index (χ0n) is 12.6. The van der Waals surface area contributed by atoms with Gasteiger partial charge in [0.05, 0.1) is 13.1 Å². The largest absolute Gasteiger partial charge is 0.490 e. The molecule has 1 unspecified atom stereocenters. The van der Waals surface area contributed by atoms with E-state index in [4.69, 9.17) is 16.0 Å². The molecule has 0 saturated carbocycles. The summed E-state index contributed by atoms with van der Waals surface area (Å²) in [6.45, 7) is 13.7. The predicted octanol–water partition coefficient (Wildman–Crippen LogP) is 3.63. The standard InChI is InChI=1S/C16H20N2O3/c1-16(2,3)21-15(19)18-9-8-14(11-18)20-13-7-5-6-12(10-13)17-4/h5-7,10,14H,8-9,11H2,1-3H3. The van der Waals surface area contributed by atoms with Crippen LogP contribution in [0.3, 0.4) is 0 Å². The van der Waals surface area contributed by atoms with Gasteiger partial charge in [-0.2, -0.15) is 0 Å². The van der Waals surface area contributed by atoms with Gasteiger partial charge in [0.25, 0.3) is 0 Å². The summed E-state index contributed by atoms with van der Waals surface area (Å²) >= 11 is 0. The number of likely N-dealkylation sites (tertiary alicyclic amines) is 1. The smallest absolute Gasteiger partial charge is 0.410 e. The monoisotopic (exact) mass is 288 g/mol. The summed E-state index contributed by atoms with van der Waals surface area (Å²) in [5, 5.41) is 0. The Morgan fingerprint density at radius 2 is 2.19 bits per heavy atom. The highest BCUT2D eigenvalue weighted by atomic mass is 16.6. The molecule has 1 amide bonds. The molecular formula is C16H20N2O3. The van der Waals surface area contributed by atoms with Crippen LogP contribution in [0, 0.1) is 6.57 Å². The number of carbonyl (C=O) groups is 1. The molecule has 1 aromatic rings. The second-order valence-electron chi connectivity index (χ2n) is 6.06. The lowest BCUT2D eigenvalue weighted by molar-refractivity contribution is 0.0275. The number of ether oxygens (including phenoxy) is 2. The van der Waals surface area contributed by atoms with Gasteiger partial charge in [0.1, 0.15) is 17.5 Å². The first kappa shape index (κ1) is 15.2. The maximum Gasteiger partial charge on any atom is 0.410 e. The molecule has 1 aliphatic rings. The second-order valence-corrected chi connectivity index (χ2v) is 6.06. The second kappa shape index (κ2) is 6.04. The first-order valence-electron chi connectivity index (χ1n) is 6.99. The maximum atomic E-state index is 12.0. The molecule has 21 heavy (non-hydrogen) atoms. The highest BCUT2D eigenvalue weighted by Gasteiger charge is 2.30. The minimum Gasteiger partial charge on any atom is -0.490 e. The van der Waals surface area contributed by atoms with Gasteiger partial charge in [0.2, 0.25) is 0 Å². The van der Waals surface area contributed by atoms with E-state index in [-0.39, 0.29) is 12.2 Å². The van der Waals surface area contributed by atoms with E-state index in [1.54, 1.807) is 23.1 Å².